The van der Waals surface area contributed by atoms with Crippen molar-refractivity contribution < 1.29 is 19.8 Å². The molecule has 78 valence electrons. The molecule has 2 N–H and O–H groups in total. The van der Waals surface area contributed by atoms with Gasteiger partial charge in [0.05, 0.1) is 11.8 Å². The van der Waals surface area contributed by atoms with Crippen molar-refractivity contribution in [2.75, 3.05) is 0 Å². The Morgan fingerprint density at radius 2 is 1.93 bits per heavy atom. The number of aliphatic carboxylic acids is 2. The van der Waals surface area contributed by atoms with Gasteiger partial charge in [0.15, 0.2) is 0 Å². The lowest BCUT2D eigenvalue weighted by Crippen LogP contribution is -2.36. The highest BCUT2D eigenvalue weighted by atomic mass is 16.4. The first kappa shape index (κ1) is 10.8. The molecule has 4 heteroatoms. The van der Waals surface area contributed by atoms with E-state index in [1.165, 1.54) is 0 Å². The lowest BCUT2D eigenvalue weighted by Gasteiger charge is -2.29. The van der Waals surface area contributed by atoms with Crippen molar-refractivity contribution in [1.82, 2.24) is 0 Å². The van der Waals surface area contributed by atoms with Gasteiger partial charge >= 0.3 is 11.9 Å². The third-order valence-corrected chi connectivity index (χ3v) is 2.69. The minimum atomic E-state index is -1.02. The first-order chi connectivity index (χ1) is 6.43. The number of carboxylic acid groups (broad SMARTS) is 2. The molecule has 0 aromatic heterocycles. The van der Waals surface area contributed by atoms with Gasteiger partial charge in [-0.2, -0.15) is 0 Å². The molecule has 4 nitrogen and oxygen atoms in total. The number of hydrogen-bond donors (Lipinski definition) is 2. The fourth-order valence-electron chi connectivity index (χ4n) is 2.10. The van der Waals surface area contributed by atoms with Crippen molar-refractivity contribution >= 4 is 11.9 Å². The minimum Gasteiger partial charge on any atom is -0.481 e. The first-order valence-corrected chi connectivity index (χ1v) is 4.56. The van der Waals surface area contributed by atoms with Crippen LogP contribution in [0.5, 0.6) is 0 Å². The molecule has 0 fully saturated rings. The average molecular weight is 198 g/mol. The SMILES string of the molecule is CC1=C[C@H](C)[C@@H](C(=O)O)[C@H](C(=O)O)C1. The van der Waals surface area contributed by atoms with E-state index in [4.69, 9.17) is 10.2 Å². The number of allylic oxidation sites excluding steroid dienone is 2. The quantitative estimate of drug-likeness (QED) is 0.657. The molecule has 0 aromatic carbocycles. The van der Waals surface area contributed by atoms with Gasteiger partial charge in [-0.3, -0.25) is 9.59 Å². The zero-order valence-corrected chi connectivity index (χ0v) is 8.23. The van der Waals surface area contributed by atoms with Crippen molar-refractivity contribution in [1.29, 1.82) is 0 Å². The summed E-state index contributed by atoms with van der Waals surface area (Å²) in [5.74, 6) is -3.82. The molecule has 0 amide bonds. The molecule has 0 aromatic rings. The fraction of sp³-hybridized carbons (Fsp3) is 0.600. The standard InChI is InChI=1S/C10H14O4/c1-5-3-6(2)8(10(13)14)7(4-5)9(11)12/h3,6-8H,4H2,1-2H3,(H,11,12)(H,13,14)/t6-,7+,8+/m0/s1. The topological polar surface area (TPSA) is 74.6 Å². The van der Waals surface area contributed by atoms with Crippen LogP contribution >= 0.6 is 0 Å². The molecule has 0 heterocycles. The van der Waals surface area contributed by atoms with E-state index in [2.05, 4.69) is 0 Å². The van der Waals surface area contributed by atoms with Crippen molar-refractivity contribution in [3.05, 3.63) is 11.6 Å². The second-order valence-electron chi connectivity index (χ2n) is 3.89. The van der Waals surface area contributed by atoms with E-state index in [1.807, 2.05) is 13.0 Å². The summed E-state index contributed by atoms with van der Waals surface area (Å²) < 4.78 is 0. The Kier molecular flexibility index (Phi) is 2.93. The van der Waals surface area contributed by atoms with E-state index in [0.717, 1.165) is 5.57 Å². The Labute approximate surface area is 82.2 Å². The highest BCUT2D eigenvalue weighted by molar-refractivity contribution is 5.81. The molecule has 0 spiro atoms. The Hall–Kier alpha value is -1.32. The van der Waals surface area contributed by atoms with Gasteiger partial charge in [0.2, 0.25) is 0 Å². The van der Waals surface area contributed by atoms with Crippen LogP contribution in [0.25, 0.3) is 0 Å². The van der Waals surface area contributed by atoms with E-state index >= 15 is 0 Å². The summed E-state index contributed by atoms with van der Waals surface area (Å²) in [6.07, 6.45) is 2.19. The van der Waals surface area contributed by atoms with Gasteiger partial charge in [0, 0.05) is 0 Å². The Bertz CT molecular complexity index is 292. The van der Waals surface area contributed by atoms with Crippen LogP contribution in [0, 0.1) is 17.8 Å². The Balaban J connectivity index is 2.98. The van der Waals surface area contributed by atoms with Crippen molar-refractivity contribution in [2.24, 2.45) is 17.8 Å². The normalized spacial score (nSPS) is 32.1. The second-order valence-corrected chi connectivity index (χ2v) is 3.89. The smallest absolute Gasteiger partial charge is 0.307 e. The van der Waals surface area contributed by atoms with Crippen molar-refractivity contribution in [2.45, 2.75) is 20.3 Å². The van der Waals surface area contributed by atoms with E-state index in [-0.39, 0.29) is 5.92 Å². The van der Waals surface area contributed by atoms with Crippen LogP contribution in [0.15, 0.2) is 11.6 Å². The van der Waals surface area contributed by atoms with Crippen LogP contribution in [-0.2, 0) is 9.59 Å². The van der Waals surface area contributed by atoms with Gasteiger partial charge in [0.1, 0.15) is 0 Å². The van der Waals surface area contributed by atoms with Gasteiger partial charge < -0.3 is 10.2 Å². The zero-order valence-electron chi connectivity index (χ0n) is 8.23. The highest BCUT2D eigenvalue weighted by Gasteiger charge is 2.39. The van der Waals surface area contributed by atoms with E-state index < -0.39 is 23.8 Å². The molecule has 0 saturated heterocycles. The van der Waals surface area contributed by atoms with E-state index in [9.17, 15) is 9.59 Å². The molecule has 3 atom stereocenters. The molecule has 0 saturated carbocycles. The number of carboxylic acids is 2. The van der Waals surface area contributed by atoms with Crippen molar-refractivity contribution in [3.8, 4) is 0 Å². The summed E-state index contributed by atoms with van der Waals surface area (Å²) >= 11 is 0. The Morgan fingerprint density at radius 3 is 2.36 bits per heavy atom. The van der Waals surface area contributed by atoms with Gasteiger partial charge in [0.25, 0.3) is 0 Å². The molecule has 0 unspecified atom stereocenters. The number of rotatable bonds is 2. The maximum Gasteiger partial charge on any atom is 0.307 e. The van der Waals surface area contributed by atoms with Gasteiger partial charge in [-0.25, -0.2) is 0 Å². The maximum atomic E-state index is 10.9. The molecule has 14 heavy (non-hydrogen) atoms. The third kappa shape index (κ3) is 1.95. The highest BCUT2D eigenvalue weighted by Crippen LogP contribution is 2.34. The first-order valence-electron chi connectivity index (χ1n) is 4.56. The maximum absolute atomic E-state index is 10.9. The predicted molar refractivity (Wildman–Crippen MR) is 49.8 cm³/mol. The summed E-state index contributed by atoms with van der Waals surface area (Å²) in [6.45, 7) is 3.59. The third-order valence-electron chi connectivity index (χ3n) is 2.69. The molecule has 0 aliphatic heterocycles. The fourth-order valence-corrected chi connectivity index (χ4v) is 2.10. The molecule has 0 radical (unpaired) electrons. The largest absolute Gasteiger partial charge is 0.481 e. The van der Waals surface area contributed by atoms with Crippen molar-refractivity contribution in [3.63, 3.8) is 0 Å². The van der Waals surface area contributed by atoms with Crippen LogP contribution in [0.2, 0.25) is 0 Å². The molecular formula is C10H14O4. The molecule has 1 aliphatic carbocycles. The van der Waals surface area contributed by atoms with Crippen LogP contribution in [0.4, 0.5) is 0 Å². The van der Waals surface area contributed by atoms with Crippen LogP contribution in [-0.4, -0.2) is 22.2 Å². The molecule has 1 rings (SSSR count). The monoisotopic (exact) mass is 198 g/mol. The average Bonchev–Trinajstić information content (AvgIpc) is 2.01. The summed E-state index contributed by atoms with van der Waals surface area (Å²) in [4.78, 5) is 21.8. The van der Waals surface area contributed by atoms with Crippen LogP contribution in [0.3, 0.4) is 0 Å². The molecular weight excluding hydrogens is 184 g/mol. The summed E-state index contributed by atoms with van der Waals surface area (Å²) in [6, 6.07) is 0. The molecule has 1 aliphatic rings. The van der Waals surface area contributed by atoms with E-state index in [0.29, 0.717) is 6.42 Å². The number of hydrogen-bond acceptors (Lipinski definition) is 2. The van der Waals surface area contributed by atoms with Crippen LogP contribution < -0.4 is 0 Å². The number of carbonyl (C=O) groups is 2. The molecule has 0 bridgehead atoms. The second kappa shape index (κ2) is 3.82. The summed E-state index contributed by atoms with van der Waals surface area (Å²) in [5, 5.41) is 17.8. The lowest BCUT2D eigenvalue weighted by atomic mass is 9.74. The predicted octanol–water partition coefficient (Wildman–Crippen LogP) is 1.37. The lowest BCUT2D eigenvalue weighted by molar-refractivity contribution is -0.155. The minimum absolute atomic E-state index is 0.206. The zero-order chi connectivity index (χ0) is 10.9. The van der Waals surface area contributed by atoms with Gasteiger partial charge in [-0.05, 0) is 19.3 Å². The van der Waals surface area contributed by atoms with Gasteiger partial charge in [-0.15, -0.1) is 0 Å². The Morgan fingerprint density at radius 1 is 1.36 bits per heavy atom. The van der Waals surface area contributed by atoms with E-state index in [1.54, 1.807) is 6.92 Å². The summed E-state index contributed by atoms with van der Waals surface area (Å²) in [5.41, 5.74) is 0.961. The summed E-state index contributed by atoms with van der Waals surface area (Å²) in [7, 11) is 0. The van der Waals surface area contributed by atoms with Crippen LogP contribution in [0.1, 0.15) is 20.3 Å². The van der Waals surface area contributed by atoms with Gasteiger partial charge in [-0.1, -0.05) is 18.6 Å².